The number of pyridine rings is 1. The molecule has 13 heavy (non-hydrogen) atoms. The van der Waals surface area contributed by atoms with E-state index in [1.165, 1.54) is 0 Å². The fourth-order valence-corrected chi connectivity index (χ4v) is 0.904. The van der Waals surface area contributed by atoms with E-state index in [0.717, 1.165) is 12.2 Å². The fraction of sp³-hybridized carbons (Fsp3) is 0.444. The third-order valence-electron chi connectivity index (χ3n) is 1.49. The Hall–Kier alpha value is -1.13. The average molecular weight is 182 g/mol. The Morgan fingerprint density at radius 2 is 2.08 bits per heavy atom. The molecule has 2 N–H and O–H groups in total. The molecule has 0 spiro atoms. The molecule has 0 aliphatic rings. The maximum absolute atomic E-state index is 8.43. The zero-order chi connectivity index (χ0) is 9.36. The van der Waals surface area contributed by atoms with Crippen molar-refractivity contribution >= 4 is 5.69 Å². The molecule has 1 rings (SSSR count). The molecular formula is C9H14N2O2. The molecule has 0 amide bonds. The van der Waals surface area contributed by atoms with Crippen molar-refractivity contribution in [2.75, 3.05) is 31.7 Å². The molecule has 0 bridgehead atoms. The number of nitrogens with one attached hydrogen (secondary N) is 1. The van der Waals surface area contributed by atoms with Gasteiger partial charge < -0.3 is 15.2 Å². The van der Waals surface area contributed by atoms with E-state index in [2.05, 4.69) is 10.3 Å². The van der Waals surface area contributed by atoms with E-state index in [-0.39, 0.29) is 6.61 Å². The first-order valence-corrected chi connectivity index (χ1v) is 4.26. The van der Waals surface area contributed by atoms with Crippen LogP contribution in [0, 0.1) is 0 Å². The van der Waals surface area contributed by atoms with Crippen molar-refractivity contribution in [3.8, 4) is 0 Å². The molecule has 1 aromatic heterocycles. The van der Waals surface area contributed by atoms with Crippen molar-refractivity contribution in [1.82, 2.24) is 4.98 Å². The normalized spacial score (nSPS) is 9.92. The maximum atomic E-state index is 8.43. The lowest BCUT2D eigenvalue weighted by atomic mass is 10.4. The molecule has 0 fully saturated rings. The molecule has 4 nitrogen and oxygen atoms in total. The molecule has 0 unspecified atom stereocenters. The molecule has 0 aliphatic carbocycles. The number of aliphatic hydroxyl groups is 1. The lowest BCUT2D eigenvalue weighted by Gasteiger charge is -2.05. The smallest absolute Gasteiger partial charge is 0.0698 e. The van der Waals surface area contributed by atoms with Crippen LogP contribution in [0.15, 0.2) is 24.5 Å². The van der Waals surface area contributed by atoms with Gasteiger partial charge >= 0.3 is 0 Å². The van der Waals surface area contributed by atoms with Crippen LogP contribution in [0.2, 0.25) is 0 Å². The number of hydrogen-bond donors (Lipinski definition) is 2. The molecular weight excluding hydrogens is 168 g/mol. The van der Waals surface area contributed by atoms with E-state index < -0.39 is 0 Å². The number of hydrogen-bond acceptors (Lipinski definition) is 4. The van der Waals surface area contributed by atoms with Crippen LogP contribution in [0.1, 0.15) is 0 Å². The van der Waals surface area contributed by atoms with Crippen LogP contribution in [0.4, 0.5) is 5.69 Å². The summed E-state index contributed by atoms with van der Waals surface area (Å²) >= 11 is 0. The van der Waals surface area contributed by atoms with Gasteiger partial charge in [0.1, 0.15) is 0 Å². The minimum Gasteiger partial charge on any atom is -0.394 e. The summed E-state index contributed by atoms with van der Waals surface area (Å²) in [5.74, 6) is 0. The van der Waals surface area contributed by atoms with Crippen molar-refractivity contribution in [3.05, 3.63) is 24.5 Å². The standard InChI is InChI=1S/C9H14N2O2/c12-6-8-13-7-5-11-9-1-3-10-4-2-9/h1-4,12H,5-8H2,(H,10,11). The van der Waals surface area contributed by atoms with Crippen LogP contribution in [-0.4, -0.2) is 36.5 Å². The molecule has 0 saturated carbocycles. The molecule has 0 aromatic carbocycles. The van der Waals surface area contributed by atoms with Crippen LogP contribution < -0.4 is 5.32 Å². The Labute approximate surface area is 77.6 Å². The Morgan fingerprint density at radius 1 is 1.31 bits per heavy atom. The quantitative estimate of drug-likeness (QED) is 0.629. The lowest BCUT2D eigenvalue weighted by Crippen LogP contribution is -2.11. The molecule has 1 aromatic rings. The van der Waals surface area contributed by atoms with Gasteiger partial charge in [-0.1, -0.05) is 0 Å². The largest absolute Gasteiger partial charge is 0.394 e. The highest BCUT2D eigenvalue weighted by Gasteiger charge is 1.89. The van der Waals surface area contributed by atoms with Gasteiger partial charge in [-0.05, 0) is 12.1 Å². The summed E-state index contributed by atoms with van der Waals surface area (Å²) < 4.78 is 5.08. The zero-order valence-electron chi connectivity index (χ0n) is 7.44. The number of nitrogens with zero attached hydrogens (tertiary/aromatic N) is 1. The first kappa shape index (κ1) is 9.95. The number of ether oxygens (including phenoxy) is 1. The van der Waals surface area contributed by atoms with Gasteiger partial charge in [-0.15, -0.1) is 0 Å². The second kappa shape index (κ2) is 6.39. The first-order valence-electron chi connectivity index (χ1n) is 4.26. The third kappa shape index (κ3) is 4.45. The van der Waals surface area contributed by atoms with Gasteiger partial charge in [-0.2, -0.15) is 0 Å². The van der Waals surface area contributed by atoms with Crippen LogP contribution in [0.25, 0.3) is 0 Å². The second-order valence-electron chi connectivity index (χ2n) is 2.50. The summed E-state index contributed by atoms with van der Waals surface area (Å²) in [5, 5.41) is 11.6. The highest BCUT2D eigenvalue weighted by molar-refractivity contribution is 5.40. The van der Waals surface area contributed by atoms with Crippen LogP contribution in [-0.2, 0) is 4.74 Å². The van der Waals surface area contributed by atoms with Crippen LogP contribution in [0.5, 0.6) is 0 Å². The van der Waals surface area contributed by atoms with E-state index in [1.54, 1.807) is 12.4 Å². The third-order valence-corrected chi connectivity index (χ3v) is 1.49. The molecule has 0 saturated heterocycles. The molecule has 72 valence electrons. The van der Waals surface area contributed by atoms with E-state index in [1.807, 2.05) is 12.1 Å². The highest BCUT2D eigenvalue weighted by Crippen LogP contribution is 2.01. The monoisotopic (exact) mass is 182 g/mol. The zero-order valence-corrected chi connectivity index (χ0v) is 7.44. The van der Waals surface area contributed by atoms with Crippen LogP contribution >= 0.6 is 0 Å². The van der Waals surface area contributed by atoms with E-state index >= 15 is 0 Å². The Kier molecular flexibility index (Phi) is 4.90. The SMILES string of the molecule is OCCOCCNc1ccncc1. The predicted octanol–water partition coefficient (Wildman–Crippen LogP) is 0.502. The summed E-state index contributed by atoms with van der Waals surface area (Å²) in [6.45, 7) is 1.82. The van der Waals surface area contributed by atoms with Gasteiger partial charge in [0.25, 0.3) is 0 Å². The topological polar surface area (TPSA) is 54.4 Å². The molecule has 1 heterocycles. The minimum absolute atomic E-state index is 0.0786. The highest BCUT2D eigenvalue weighted by atomic mass is 16.5. The molecule has 0 atom stereocenters. The average Bonchev–Trinajstić information content (AvgIpc) is 2.19. The summed E-state index contributed by atoms with van der Waals surface area (Å²) in [6.07, 6.45) is 3.47. The molecule has 0 aliphatic heterocycles. The van der Waals surface area contributed by atoms with Crippen molar-refractivity contribution in [2.45, 2.75) is 0 Å². The number of aliphatic hydroxyl groups excluding tert-OH is 1. The number of aromatic nitrogens is 1. The van der Waals surface area contributed by atoms with Gasteiger partial charge in [0.05, 0.1) is 19.8 Å². The maximum Gasteiger partial charge on any atom is 0.0698 e. The van der Waals surface area contributed by atoms with Crippen molar-refractivity contribution in [3.63, 3.8) is 0 Å². The minimum atomic E-state index is 0.0786. The summed E-state index contributed by atoms with van der Waals surface area (Å²) in [6, 6.07) is 3.79. The van der Waals surface area contributed by atoms with Crippen molar-refractivity contribution < 1.29 is 9.84 Å². The van der Waals surface area contributed by atoms with Gasteiger partial charge in [0.2, 0.25) is 0 Å². The van der Waals surface area contributed by atoms with Crippen LogP contribution in [0.3, 0.4) is 0 Å². The fourth-order valence-electron chi connectivity index (χ4n) is 0.904. The number of rotatable bonds is 6. The van der Waals surface area contributed by atoms with Gasteiger partial charge in [-0.3, -0.25) is 4.98 Å². The summed E-state index contributed by atoms with van der Waals surface area (Å²) in [4.78, 5) is 3.90. The van der Waals surface area contributed by atoms with E-state index in [0.29, 0.717) is 13.2 Å². The summed E-state index contributed by atoms with van der Waals surface area (Å²) in [5.41, 5.74) is 1.03. The number of anilines is 1. The Bertz CT molecular complexity index is 216. The lowest BCUT2D eigenvalue weighted by molar-refractivity contribution is 0.0992. The first-order chi connectivity index (χ1) is 6.43. The second-order valence-corrected chi connectivity index (χ2v) is 2.50. The van der Waals surface area contributed by atoms with Gasteiger partial charge in [0, 0.05) is 24.6 Å². The Balaban J connectivity index is 2.07. The predicted molar refractivity (Wildman–Crippen MR) is 50.6 cm³/mol. The molecule has 0 radical (unpaired) electrons. The van der Waals surface area contributed by atoms with Gasteiger partial charge in [-0.25, -0.2) is 0 Å². The van der Waals surface area contributed by atoms with Crippen molar-refractivity contribution in [2.24, 2.45) is 0 Å². The van der Waals surface area contributed by atoms with E-state index in [4.69, 9.17) is 9.84 Å². The molecule has 4 heteroatoms. The van der Waals surface area contributed by atoms with Crippen molar-refractivity contribution in [1.29, 1.82) is 0 Å². The van der Waals surface area contributed by atoms with E-state index in [9.17, 15) is 0 Å². The van der Waals surface area contributed by atoms with Gasteiger partial charge in [0.15, 0.2) is 0 Å². The Morgan fingerprint density at radius 3 is 2.77 bits per heavy atom. The summed E-state index contributed by atoms with van der Waals surface area (Å²) in [7, 11) is 0.